The zero-order valence-corrected chi connectivity index (χ0v) is 12.6. The Bertz CT molecular complexity index is 498. The Morgan fingerprint density at radius 2 is 2.11 bits per heavy atom. The molecule has 0 aromatic carbocycles. The van der Waals surface area contributed by atoms with Crippen LogP contribution in [0.15, 0.2) is 21.7 Å². The predicted octanol–water partition coefficient (Wildman–Crippen LogP) is -0.120. The SMILES string of the molecule is Cl.O=C(CNS(=O)(=O)c1cccs1)N1CCNCC1. The van der Waals surface area contributed by atoms with Crippen LogP contribution in [0.4, 0.5) is 0 Å². The lowest BCUT2D eigenvalue weighted by Gasteiger charge is -2.27. The van der Waals surface area contributed by atoms with Crippen LogP contribution >= 0.6 is 23.7 Å². The third kappa shape index (κ3) is 4.43. The number of nitrogens with zero attached hydrogens (tertiary/aromatic N) is 1. The highest BCUT2D eigenvalue weighted by molar-refractivity contribution is 7.91. The van der Waals surface area contributed by atoms with Gasteiger partial charge in [-0.2, -0.15) is 0 Å². The van der Waals surface area contributed by atoms with E-state index in [1.54, 1.807) is 16.3 Å². The smallest absolute Gasteiger partial charge is 0.250 e. The highest BCUT2D eigenvalue weighted by Gasteiger charge is 2.20. The van der Waals surface area contributed by atoms with E-state index in [9.17, 15) is 13.2 Å². The molecule has 1 amide bonds. The average Bonchev–Trinajstić information content (AvgIpc) is 2.92. The Kier molecular flexibility index (Phi) is 6.21. The molecule has 1 aliphatic rings. The van der Waals surface area contributed by atoms with Crippen molar-refractivity contribution in [3.05, 3.63) is 17.5 Å². The quantitative estimate of drug-likeness (QED) is 0.809. The molecule has 1 aromatic heterocycles. The summed E-state index contributed by atoms with van der Waals surface area (Å²) in [5.74, 6) is -0.184. The number of carbonyl (C=O) groups excluding carboxylic acids is 1. The van der Waals surface area contributed by atoms with Crippen molar-refractivity contribution >= 4 is 39.7 Å². The van der Waals surface area contributed by atoms with Gasteiger partial charge in [-0.3, -0.25) is 4.79 Å². The van der Waals surface area contributed by atoms with E-state index in [0.717, 1.165) is 24.4 Å². The summed E-state index contributed by atoms with van der Waals surface area (Å²) < 4.78 is 26.2. The van der Waals surface area contributed by atoms with Crippen molar-refractivity contribution in [2.75, 3.05) is 32.7 Å². The first-order valence-electron chi connectivity index (χ1n) is 5.61. The second-order valence-electron chi connectivity index (χ2n) is 3.89. The fourth-order valence-corrected chi connectivity index (χ4v) is 3.68. The van der Waals surface area contributed by atoms with Crippen LogP contribution in [0.3, 0.4) is 0 Å². The standard InChI is InChI=1S/C10H15N3O3S2.ClH/c14-9(13-5-3-11-4-6-13)8-12-18(15,16)10-2-1-7-17-10;/h1-2,7,11-12H,3-6,8H2;1H. The third-order valence-corrected chi connectivity index (χ3v) is 5.44. The summed E-state index contributed by atoms with van der Waals surface area (Å²) in [6, 6.07) is 3.18. The summed E-state index contributed by atoms with van der Waals surface area (Å²) in [5.41, 5.74) is 0. The van der Waals surface area contributed by atoms with Crippen LogP contribution < -0.4 is 10.0 Å². The summed E-state index contributed by atoms with van der Waals surface area (Å²) in [6.45, 7) is 2.58. The molecule has 2 rings (SSSR count). The summed E-state index contributed by atoms with van der Waals surface area (Å²) in [4.78, 5) is 13.4. The zero-order valence-electron chi connectivity index (χ0n) is 10.2. The van der Waals surface area contributed by atoms with Gasteiger partial charge in [0, 0.05) is 26.2 Å². The fraction of sp³-hybridized carbons (Fsp3) is 0.500. The van der Waals surface area contributed by atoms with Gasteiger partial charge in [0.15, 0.2) is 0 Å². The van der Waals surface area contributed by atoms with Crippen LogP contribution in [-0.4, -0.2) is 51.9 Å². The Labute approximate surface area is 122 Å². The predicted molar refractivity (Wildman–Crippen MR) is 76.2 cm³/mol. The third-order valence-electron chi connectivity index (χ3n) is 2.64. The van der Waals surface area contributed by atoms with E-state index in [4.69, 9.17) is 0 Å². The van der Waals surface area contributed by atoms with Gasteiger partial charge in [0.05, 0.1) is 6.54 Å². The maximum Gasteiger partial charge on any atom is 0.250 e. The summed E-state index contributed by atoms with van der Waals surface area (Å²) in [7, 11) is -3.55. The van der Waals surface area contributed by atoms with Gasteiger partial charge in [-0.05, 0) is 11.4 Å². The molecule has 1 saturated heterocycles. The molecular weight excluding hydrogens is 310 g/mol. The Hall–Kier alpha value is -0.670. The number of hydrogen-bond acceptors (Lipinski definition) is 5. The minimum absolute atomic E-state index is 0. The molecule has 2 heterocycles. The van der Waals surface area contributed by atoms with Crippen molar-refractivity contribution in [1.82, 2.24) is 14.9 Å². The van der Waals surface area contributed by atoms with E-state index in [-0.39, 0.29) is 29.1 Å². The maximum absolute atomic E-state index is 11.8. The van der Waals surface area contributed by atoms with Gasteiger partial charge < -0.3 is 10.2 Å². The minimum atomic E-state index is -3.55. The van der Waals surface area contributed by atoms with E-state index in [1.807, 2.05) is 0 Å². The van der Waals surface area contributed by atoms with Gasteiger partial charge in [-0.25, -0.2) is 13.1 Å². The average molecular weight is 326 g/mol. The normalized spacial score (nSPS) is 15.9. The first kappa shape index (κ1) is 16.4. The molecule has 1 fully saturated rings. The maximum atomic E-state index is 11.8. The molecule has 2 N–H and O–H groups in total. The number of carbonyl (C=O) groups is 1. The molecule has 0 saturated carbocycles. The molecule has 0 spiro atoms. The molecule has 6 nitrogen and oxygen atoms in total. The van der Waals surface area contributed by atoms with Crippen molar-refractivity contribution in [1.29, 1.82) is 0 Å². The van der Waals surface area contributed by atoms with Crippen LogP contribution in [0.5, 0.6) is 0 Å². The van der Waals surface area contributed by atoms with Crippen molar-refractivity contribution < 1.29 is 13.2 Å². The molecule has 0 bridgehead atoms. The van der Waals surface area contributed by atoms with Gasteiger partial charge >= 0.3 is 0 Å². The number of thiophene rings is 1. The lowest BCUT2D eigenvalue weighted by atomic mass is 10.3. The van der Waals surface area contributed by atoms with Gasteiger partial charge in [-0.1, -0.05) is 6.07 Å². The first-order valence-corrected chi connectivity index (χ1v) is 7.97. The molecule has 19 heavy (non-hydrogen) atoms. The Morgan fingerprint density at radius 3 is 2.68 bits per heavy atom. The Morgan fingerprint density at radius 1 is 1.42 bits per heavy atom. The van der Waals surface area contributed by atoms with E-state index in [1.165, 1.54) is 6.07 Å². The van der Waals surface area contributed by atoms with Crippen LogP contribution in [0, 0.1) is 0 Å². The lowest BCUT2D eigenvalue weighted by molar-refractivity contribution is -0.130. The van der Waals surface area contributed by atoms with Gasteiger partial charge in [-0.15, -0.1) is 23.7 Å². The van der Waals surface area contributed by atoms with E-state index < -0.39 is 10.0 Å². The van der Waals surface area contributed by atoms with Crippen LogP contribution in [0.1, 0.15) is 0 Å². The van der Waals surface area contributed by atoms with Crippen molar-refractivity contribution in [2.24, 2.45) is 0 Å². The molecule has 1 aromatic rings. The fourth-order valence-electron chi connectivity index (χ4n) is 1.67. The van der Waals surface area contributed by atoms with Crippen LogP contribution in [-0.2, 0) is 14.8 Å². The summed E-state index contributed by atoms with van der Waals surface area (Å²) in [6.07, 6.45) is 0. The second-order valence-corrected chi connectivity index (χ2v) is 6.83. The molecule has 0 radical (unpaired) electrons. The minimum Gasteiger partial charge on any atom is -0.339 e. The van der Waals surface area contributed by atoms with Gasteiger partial charge in [0.1, 0.15) is 4.21 Å². The number of piperazine rings is 1. The topological polar surface area (TPSA) is 78.5 Å². The number of nitrogens with one attached hydrogen (secondary N) is 2. The molecule has 1 aliphatic heterocycles. The number of halogens is 1. The Balaban J connectivity index is 0.00000180. The lowest BCUT2D eigenvalue weighted by Crippen LogP contribution is -2.49. The molecule has 0 aliphatic carbocycles. The molecule has 108 valence electrons. The van der Waals surface area contributed by atoms with Crippen LogP contribution in [0.2, 0.25) is 0 Å². The largest absolute Gasteiger partial charge is 0.339 e. The molecular formula is C10H16ClN3O3S2. The zero-order chi connectivity index (χ0) is 13.0. The summed E-state index contributed by atoms with van der Waals surface area (Å²) >= 11 is 1.13. The van der Waals surface area contributed by atoms with Crippen molar-refractivity contribution in [3.63, 3.8) is 0 Å². The molecule has 0 atom stereocenters. The van der Waals surface area contributed by atoms with Gasteiger partial charge in [0.2, 0.25) is 5.91 Å². The van der Waals surface area contributed by atoms with Crippen molar-refractivity contribution in [2.45, 2.75) is 4.21 Å². The first-order chi connectivity index (χ1) is 8.59. The molecule has 0 unspecified atom stereocenters. The number of amides is 1. The number of rotatable bonds is 4. The molecule has 9 heteroatoms. The van der Waals surface area contributed by atoms with Crippen LogP contribution in [0.25, 0.3) is 0 Å². The number of sulfonamides is 1. The highest BCUT2D eigenvalue weighted by atomic mass is 35.5. The van der Waals surface area contributed by atoms with Gasteiger partial charge in [0.25, 0.3) is 10.0 Å². The second kappa shape index (κ2) is 7.20. The van der Waals surface area contributed by atoms with E-state index >= 15 is 0 Å². The van der Waals surface area contributed by atoms with E-state index in [2.05, 4.69) is 10.0 Å². The van der Waals surface area contributed by atoms with E-state index in [0.29, 0.717) is 13.1 Å². The highest BCUT2D eigenvalue weighted by Crippen LogP contribution is 2.14. The number of hydrogen-bond donors (Lipinski definition) is 2. The van der Waals surface area contributed by atoms with Crippen molar-refractivity contribution in [3.8, 4) is 0 Å². The monoisotopic (exact) mass is 325 g/mol. The summed E-state index contributed by atoms with van der Waals surface area (Å²) in [5, 5.41) is 4.82.